The van der Waals surface area contributed by atoms with Crippen molar-refractivity contribution in [1.29, 1.82) is 0 Å². The molecular formula is C23H26N6O4. The van der Waals surface area contributed by atoms with Crippen molar-refractivity contribution in [2.24, 2.45) is 14.1 Å². The molecule has 1 aromatic heterocycles. The number of hydrogen-bond donors (Lipinski definition) is 1. The lowest BCUT2D eigenvalue weighted by molar-refractivity contribution is -0.384. The Labute approximate surface area is 190 Å². The molecule has 10 nitrogen and oxygen atoms in total. The first kappa shape index (κ1) is 22.3. The van der Waals surface area contributed by atoms with Crippen LogP contribution in [0.5, 0.6) is 0 Å². The van der Waals surface area contributed by atoms with Gasteiger partial charge < -0.3 is 15.1 Å². The van der Waals surface area contributed by atoms with Gasteiger partial charge in [0.15, 0.2) is 0 Å². The minimum absolute atomic E-state index is 0.00445. The number of imidazole rings is 1. The van der Waals surface area contributed by atoms with E-state index in [9.17, 15) is 19.7 Å². The summed E-state index contributed by atoms with van der Waals surface area (Å²) in [4.78, 5) is 40.0. The number of non-ortho nitro benzene ring substituents is 1. The number of benzene rings is 2. The first-order chi connectivity index (χ1) is 15.7. The number of nitro groups is 1. The highest BCUT2D eigenvalue weighted by Crippen LogP contribution is 2.32. The highest BCUT2D eigenvalue weighted by Gasteiger charge is 2.21. The molecule has 10 heteroatoms. The first-order valence-corrected chi connectivity index (χ1v) is 10.6. The molecule has 0 aliphatic carbocycles. The van der Waals surface area contributed by atoms with E-state index in [-0.39, 0.29) is 17.3 Å². The molecule has 0 unspecified atom stereocenters. The maximum absolute atomic E-state index is 12.7. The molecule has 1 amide bonds. The van der Waals surface area contributed by atoms with Crippen LogP contribution in [0.25, 0.3) is 17.1 Å². The van der Waals surface area contributed by atoms with Crippen molar-refractivity contribution in [3.8, 4) is 0 Å². The van der Waals surface area contributed by atoms with Crippen molar-refractivity contribution in [1.82, 2.24) is 14.0 Å². The molecule has 0 bridgehead atoms. The third kappa shape index (κ3) is 4.51. The smallest absolute Gasteiger partial charge is 0.328 e. The van der Waals surface area contributed by atoms with Gasteiger partial charge in [-0.3, -0.25) is 24.0 Å². The van der Waals surface area contributed by atoms with E-state index < -0.39 is 4.92 Å². The maximum Gasteiger partial charge on any atom is 0.328 e. The maximum atomic E-state index is 12.7. The Kier molecular flexibility index (Phi) is 6.01. The summed E-state index contributed by atoms with van der Waals surface area (Å²) in [7, 11) is 5.52. The number of likely N-dealkylation sites (N-methyl/N-ethyl adjacent to an activating group) is 1. The van der Waals surface area contributed by atoms with Gasteiger partial charge in [0.25, 0.3) is 5.69 Å². The number of aromatic nitrogens is 2. The van der Waals surface area contributed by atoms with Crippen LogP contribution in [0.1, 0.15) is 5.56 Å². The van der Waals surface area contributed by atoms with Gasteiger partial charge in [-0.15, -0.1) is 0 Å². The predicted octanol–water partition coefficient (Wildman–Crippen LogP) is 2.19. The number of nitro benzene ring substituents is 1. The normalized spacial score (nSPS) is 14.8. The molecule has 0 radical (unpaired) electrons. The molecule has 2 heterocycles. The van der Waals surface area contributed by atoms with Crippen molar-refractivity contribution in [3.63, 3.8) is 0 Å². The molecular weight excluding hydrogens is 424 g/mol. The van der Waals surface area contributed by atoms with Crippen LogP contribution in [0.4, 0.5) is 17.1 Å². The fourth-order valence-corrected chi connectivity index (χ4v) is 4.00. The number of hydrogen-bond acceptors (Lipinski definition) is 6. The van der Waals surface area contributed by atoms with E-state index in [1.807, 2.05) is 12.1 Å². The topological polar surface area (TPSA) is 106 Å². The zero-order valence-corrected chi connectivity index (χ0v) is 18.8. The minimum Gasteiger partial charge on any atom is -0.367 e. The monoisotopic (exact) mass is 450 g/mol. The molecule has 1 aliphatic heterocycles. The summed E-state index contributed by atoms with van der Waals surface area (Å²) in [6, 6.07) is 9.76. The van der Waals surface area contributed by atoms with E-state index >= 15 is 0 Å². The Hall–Kier alpha value is -3.92. The Bertz CT molecular complexity index is 1300. The fourth-order valence-electron chi connectivity index (χ4n) is 4.00. The summed E-state index contributed by atoms with van der Waals surface area (Å²) >= 11 is 0. The number of fused-ring (bicyclic) bond motifs is 1. The third-order valence-corrected chi connectivity index (χ3v) is 6.02. The van der Waals surface area contributed by atoms with Crippen LogP contribution in [0.3, 0.4) is 0 Å². The molecule has 0 saturated carbocycles. The summed E-state index contributed by atoms with van der Waals surface area (Å²) in [5, 5.41) is 13.7. The van der Waals surface area contributed by atoms with E-state index in [1.54, 1.807) is 41.4 Å². The average molecular weight is 450 g/mol. The Morgan fingerprint density at radius 1 is 1.00 bits per heavy atom. The Morgan fingerprint density at radius 3 is 2.21 bits per heavy atom. The zero-order chi connectivity index (χ0) is 23.7. The third-order valence-electron chi connectivity index (χ3n) is 6.02. The number of nitrogens with zero attached hydrogens (tertiary/aromatic N) is 5. The molecule has 2 aromatic carbocycles. The molecule has 1 fully saturated rings. The summed E-state index contributed by atoms with van der Waals surface area (Å²) in [6.45, 7) is 3.42. The average Bonchev–Trinajstić information content (AvgIpc) is 3.01. The van der Waals surface area contributed by atoms with Crippen molar-refractivity contribution in [3.05, 3.63) is 68.6 Å². The molecule has 172 valence electrons. The second-order valence-corrected chi connectivity index (χ2v) is 8.22. The van der Waals surface area contributed by atoms with E-state index in [4.69, 9.17) is 0 Å². The first-order valence-electron chi connectivity index (χ1n) is 10.6. The molecule has 0 atom stereocenters. The molecule has 1 aliphatic rings. The standard InChI is InChI=1S/C23H26N6O4/c1-25-10-12-28(13-11-25)19-15-21-20(26(2)23(31)27(21)3)14-18(19)24-22(30)9-6-16-4-7-17(8-5-16)29(32)33/h4-9,14-15H,10-13H2,1-3H3,(H,24,30)/b9-6+. The lowest BCUT2D eigenvalue weighted by Gasteiger charge is -2.35. The molecule has 4 rings (SSSR count). The van der Waals surface area contributed by atoms with E-state index in [1.165, 1.54) is 18.2 Å². The quantitative estimate of drug-likeness (QED) is 0.363. The zero-order valence-electron chi connectivity index (χ0n) is 18.8. The number of rotatable bonds is 5. The molecule has 33 heavy (non-hydrogen) atoms. The lowest BCUT2D eigenvalue weighted by atomic mass is 10.1. The number of aryl methyl sites for hydroxylation is 2. The Morgan fingerprint density at radius 2 is 1.61 bits per heavy atom. The van der Waals surface area contributed by atoms with Gasteiger partial charge in [0.05, 0.1) is 27.3 Å². The van der Waals surface area contributed by atoms with Gasteiger partial charge in [-0.2, -0.15) is 0 Å². The van der Waals surface area contributed by atoms with Gasteiger partial charge in [0.2, 0.25) is 5.91 Å². The van der Waals surface area contributed by atoms with Crippen LogP contribution < -0.4 is 15.9 Å². The largest absolute Gasteiger partial charge is 0.367 e. The summed E-state index contributed by atoms with van der Waals surface area (Å²) in [5.74, 6) is -0.330. The van der Waals surface area contributed by atoms with E-state index in [2.05, 4.69) is 22.2 Å². The number of carbonyl (C=O) groups excluding carboxylic acids is 1. The van der Waals surface area contributed by atoms with Crippen LogP contribution in [0.15, 0.2) is 47.3 Å². The van der Waals surface area contributed by atoms with Crippen molar-refractivity contribution >= 4 is 40.1 Å². The predicted molar refractivity (Wildman–Crippen MR) is 129 cm³/mol. The number of piperazine rings is 1. The minimum atomic E-state index is -0.465. The van der Waals surface area contributed by atoms with Crippen LogP contribution in [-0.2, 0) is 18.9 Å². The SMILES string of the molecule is CN1CCN(c2cc3c(cc2NC(=O)/C=C/c2ccc([N+](=O)[O-])cc2)n(C)c(=O)n3C)CC1. The number of nitrogens with one attached hydrogen (secondary N) is 1. The highest BCUT2D eigenvalue weighted by atomic mass is 16.6. The molecule has 1 N–H and O–H groups in total. The molecule has 0 spiro atoms. The van der Waals surface area contributed by atoms with Gasteiger partial charge in [-0.25, -0.2) is 4.79 Å². The van der Waals surface area contributed by atoms with Crippen molar-refractivity contribution < 1.29 is 9.72 Å². The highest BCUT2D eigenvalue weighted by molar-refractivity contribution is 6.05. The fraction of sp³-hybridized carbons (Fsp3) is 0.304. The lowest BCUT2D eigenvalue weighted by Crippen LogP contribution is -2.44. The van der Waals surface area contributed by atoms with Crippen LogP contribution in [0, 0.1) is 10.1 Å². The Balaban J connectivity index is 1.64. The number of amides is 1. The van der Waals surface area contributed by atoms with E-state index in [0.29, 0.717) is 11.3 Å². The van der Waals surface area contributed by atoms with E-state index in [0.717, 1.165) is 42.9 Å². The summed E-state index contributed by atoms with van der Waals surface area (Å²) in [5.41, 5.74) is 3.58. The molecule has 1 saturated heterocycles. The summed E-state index contributed by atoms with van der Waals surface area (Å²) in [6.07, 6.45) is 2.99. The van der Waals surface area contributed by atoms with Gasteiger partial charge in [-0.05, 0) is 43.0 Å². The van der Waals surface area contributed by atoms with Gasteiger partial charge in [0.1, 0.15) is 0 Å². The van der Waals surface area contributed by atoms with Crippen molar-refractivity contribution in [2.45, 2.75) is 0 Å². The number of anilines is 2. The van der Waals surface area contributed by atoms with Crippen molar-refractivity contribution in [2.75, 3.05) is 43.4 Å². The van der Waals surface area contributed by atoms with Gasteiger partial charge in [0, 0.05) is 58.5 Å². The van der Waals surface area contributed by atoms with Crippen LogP contribution >= 0.6 is 0 Å². The summed E-state index contributed by atoms with van der Waals surface area (Å²) < 4.78 is 3.17. The van der Waals surface area contributed by atoms with Gasteiger partial charge >= 0.3 is 5.69 Å². The second-order valence-electron chi connectivity index (χ2n) is 8.22. The number of carbonyl (C=O) groups is 1. The second kappa shape index (κ2) is 8.91. The van der Waals surface area contributed by atoms with Gasteiger partial charge in [-0.1, -0.05) is 0 Å². The van der Waals surface area contributed by atoms with Crippen LogP contribution in [-0.4, -0.2) is 58.1 Å². The van der Waals surface area contributed by atoms with Crippen LogP contribution in [0.2, 0.25) is 0 Å². The molecule has 3 aromatic rings.